The second-order valence-corrected chi connectivity index (χ2v) is 9.57. The van der Waals surface area contributed by atoms with Crippen LogP contribution in [0.25, 0.3) is 0 Å². The van der Waals surface area contributed by atoms with Gasteiger partial charge in [0.15, 0.2) is 0 Å². The van der Waals surface area contributed by atoms with Crippen molar-refractivity contribution in [1.29, 1.82) is 0 Å². The first kappa shape index (κ1) is 18.3. The highest BCUT2D eigenvalue weighted by molar-refractivity contribution is 7.94. The van der Waals surface area contributed by atoms with Crippen molar-refractivity contribution in [3.63, 3.8) is 0 Å². The number of nitrogens with one attached hydrogen (secondary N) is 1. The Morgan fingerprint density at radius 3 is 2.50 bits per heavy atom. The molecule has 1 aromatic heterocycles. The van der Waals surface area contributed by atoms with Gasteiger partial charge in [-0.1, -0.05) is 13.0 Å². The van der Waals surface area contributed by atoms with Crippen LogP contribution in [0, 0.1) is 12.8 Å². The number of hydrogen-bond acceptors (Lipinski definition) is 6. The molecular formula is C16H17N3O5S2. The van der Waals surface area contributed by atoms with Gasteiger partial charge in [0.1, 0.15) is 5.82 Å². The van der Waals surface area contributed by atoms with Gasteiger partial charge in [-0.25, -0.2) is 26.1 Å². The number of hydrogen-bond donors (Lipinski definition) is 1. The van der Waals surface area contributed by atoms with E-state index in [-0.39, 0.29) is 22.2 Å². The summed E-state index contributed by atoms with van der Waals surface area (Å²) in [6.07, 6.45) is 1.46. The van der Waals surface area contributed by atoms with E-state index in [1.165, 1.54) is 37.4 Å². The van der Waals surface area contributed by atoms with Crippen LogP contribution in [0.2, 0.25) is 0 Å². The van der Waals surface area contributed by atoms with E-state index >= 15 is 0 Å². The third-order valence-corrected chi connectivity index (χ3v) is 7.33. The van der Waals surface area contributed by atoms with E-state index in [0.29, 0.717) is 5.56 Å². The number of pyridine rings is 1. The number of nitrogens with zero attached hydrogens (tertiary/aromatic N) is 2. The molecular weight excluding hydrogens is 378 g/mol. The molecule has 0 saturated carbocycles. The largest absolute Gasteiger partial charge is 0.273 e. The van der Waals surface area contributed by atoms with Crippen molar-refractivity contribution in [1.82, 2.24) is 4.98 Å². The van der Waals surface area contributed by atoms with Gasteiger partial charge in [0, 0.05) is 6.20 Å². The van der Waals surface area contributed by atoms with E-state index in [2.05, 4.69) is 9.71 Å². The van der Waals surface area contributed by atoms with Crippen LogP contribution < -0.4 is 9.03 Å². The van der Waals surface area contributed by atoms with Gasteiger partial charge in [0.25, 0.3) is 10.0 Å². The number of carbonyl (C=O) groups excluding carboxylic acids is 1. The molecule has 1 fully saturated rings. The summed E-state index contributed by atoms with van der Waals surface area (Å²) in [6, 6.07) is 8.78. The van der Waals surface area contributed by atoms with E-state index in [1.807, 2.05) is 0 Å². The maximum absolute atomic E-state index is 12.5. The minimum atomic E-state index is -3.90. The minimum Gasteiger partial charge on any atom is -0.273 e. The highest BCUT2D eigenvalue weighted by Gasteiger charge is 2.42. The fraction of sp³-hybridized carbons (Fsp3) is 0.250. The van der Waals surface area contributed by atoms with Crippen molar-refractivity contribution in [2.24, 2.45) is 5.92 Å². The normalized spacial score (nSPS) is 19.5. The second kappa shape index (κ2) is 6.36. The van der Waals surface area contributed by atoms with Gasteiger partial charge in [-0.05, 0) is 42.8 Å². The zero-order chi connectivity index (χ0) is 19.1. The molecule has 0 aliphatic carbocycles. The van der Waals surface area contributed by atoms with Crippen molar-refractivity contribution >= 4 is 37.5 Å². The van der Waals surface area contributed by atoms with Crippen LogP contribution in [0.15, 0.2) is 47.5 Å². The lowest BCUT2D eigenvalue weighted by atomic mass is 10.2. The van der Waals surface area contributed by atoms with Crippen LogP contribution in [-0.4, -0.2) is 33.5 Å². The summed E-state index contributed by atoms with van der Waals surface area (Å²) in [5.41, 5.74) is 0.446. The molecule has 1 N–H and O–H groups in total. The van der Waals surface area contributed by atoms with Gasteiger partial charge in [0.05, 0.1) is 22.3 Å². The van der Waals surface area contributed by atoms with E-state index in [9.17, 15) is 21.6 Å². The molecule has 1 aromatic carbocycles. The number of carbonyl (C=O) groups is 1. The van der Waals surface area contributed by atoms with Gasteiger partial charge in [-0.2, -0.15) is 0 Å². The van der Waals surface area contributed by atoms with Crippen LogP contribution in [0.4, 0.5) is 11.5 Å². The first-order valence-electron chi connectivity index (χ1n) is 7.73. The van der Waals surface area contributed by atoms with Gasteiger partial charge < -0.3 is 0 Å². The summed E-state index contributed by atoms with van der Waals surface area (Å²) in [4.78, 5) is 16.1. The zero-order valence-corrected chi connectivity index (χ0v) is 15.7. The summed E-state index contributed by atoms with van der Waals surface area (Å²) in [6.45, 7) is 3.08. The number of aryl methyl sites for hydroxylation is 1. The summed E-state index contributed by atoms with van der Waals surface area (Å²) < 4.78 is 52.6. The summed E-state index contributed by atoms with van der Waals surface area (Å²) in [5.74, 6) is -1.24. The molecule has 1 saturated heterocycles. The second-order valence-electron chi connectivity index (χ2n) is 6.05. The Hall–Kier alpha value is -2.46. The molecule has 8 nitrogen and oxygen atoms in total. The number of aromatic nitrogens is 1. The maximum Gasteiger partial charge on any atom is 0.263 e. The lowest BCUT2D eigenvalue weighted by molar-refractivity contribution is -0.119. The van der Waals surface area contributed by atoms with Crippen molar-refractivity contribution in [2.45, 2.75) is 18.7 Å². The number of rotatable bonds is 4. The fourth-order valence-corrected chi connectivity index (χ4v) is 5.81. The SMILES string of the molecule is Cc1cc(N2C(=O)[C@H](C)CS2(=O)=O)ccc1S(=O)(=O)Nc1ccccn1. The van der Waals surface area contributed by atoms with Crippen LogP contribution in [0.1, 0.15) is 12.5 Å². The lowest BCUT2D eigenvalue weighted by Gasteiger charge is -2.17. The van der Waals surface area contributed by atoms with Crippen LogP contribution in [-0.2, 0) is 24.8 Å². The molecule has 1 aliphatic heterocycles. The lowest BCUT2D eigenvalue weighted by Crippen LogP contribution is -2.30. The Bertz CT molecular complexity index is 1070. The van der Waals surface area contributed by atoms with Gasteiger partial charge >= 0.3 is 0 Å². The molecule has 138 valence electrons. The van der Waals surface area contributed by atoms with Gasteiger partial charge in [-0.3, -0.25) is 9.52 Å². The summed E-state index contributed by atoms with van der Waals surface area (Å²) >= 11 is 0. The predicted octanol–water partition coefficient (Wildman–Crippen LogP) is 1.50. The molecule has 1 aliphatic rings. The highest BCUT2D eigenvalue weighted by atomic mass is 32.2. The average Bonchev–Trinajstić information content (AvgIpc) is 2.75. The molecule has 0 spiro atoms. The van der Waals surface area contributed by atoms with Crippen LogP contribution >= 0.6 is 0 Å². The Labute approximate surface area is 152 Å². The average molecular weight is 395 g/mol. The molecule has 2 aromatic rings. The van der Waals surface area contributed by atoms with Crippen LogP contribution in [0.3, 0.4) is 0 Å². The van der Waals surface area contributed by atoms with Gasteiger partial charge in [0.2, 0.25) is 15.9 Å². The third-order valence-electron chi connectivity index (χ3n) is 3.95. The Balaban J connectivity index is 1.97. The predicted molar refractivity (Wildman–Crippen MR) is 96.7 cm³/mol. The first-order chi connectivity index (χ1) is 12.1. The Morgan fingerprint density at radius 1 is 1.23 bits per heavy atom. The molecule has 1 amide bonds. The van der Waals surface area contributed by atoms with Crippen molar-refractivity contribution in [2.75, 3.05) is 14.8 Å². The zero-order valence-electron chi connectivity index (χ0n) is 14.1. The van der Waals surface area contributed by atoms with Gasteiger partial charge in [-0.15, -0.1) is 0 Å². The standard InChI is InChI=1S/C16H17N3O5S2/c1-11-9-13(19-16(20)12(2)10-25(19,21)22)6-7-14(11)26(23,24)18-15-5-3-4-8-17-15/h3-9,12H,10H2,1-2H3,(H,17,18)/t12-/m1/s1. The quantitative estimate of drug-likeness (QED) is 0.839. The molecule has 0 unspecified atom stereocenters. The topological polar surface area (TPSA) is 114 Å². The molecule has 10 heteroatoms. The van der Waals surface area contributed by atoms with E-state index in [4.69, 9.17) is 0 Å². The fourth-order valence-electron chi connectivity index (χ4n) is 2.76. The van der Waals surface area contributed by atoms with Crippen molar-refractivity contribution in [3.05, 3.63) is 48.2 Å². The first-order valence-corrected chi connectivity index (χ1v) is 10.8. The smallest absolute Gasteiger partial charge is 0.263 e. The molecule has 0 bridgehead atoms. The molecule has 3 rings (SSSR count). The maximum atomic E-state index is 12.5. The van der Waals surface area contributed by atoms with Crippen LogP contribution in [0.5, 0.6) is 0 Å². The Morgan fingerprint density at radius 2 is 1.96 bits per heavy atom. The van der Waals surface area contributed by atoms with E-state index in [0.717, 1.165) is 4.31 Å². The number of anilines is 2. The summed E-state index contributed by atoms with van der Waals surface area (Å²) in [7, 11) is -7.65. The van der Waals surface area contributed by atoms with E-state index in [1.54, 1.807) is 19.1 Å². The molecule has 2 heterocycles. The number of sulfonamides is 2. The van der Waals surface area contributed by atoms with Crippen molar-refractivity contribution < 1.29 is 21.6 Å². The molecule has 26 heavy (non-hydrogen) atoms. The number of amides is 1. The molecule has 1 atom stereocenters. The highest BCUT2D eigenvalue weighted by Crippen LogP contribution is 2.31. The summed E-state index contributed by atoms with van der Waals surface area (Å²) in [5, 5.41) is 0. The Kier molecular flexibility index (Phi) is 4.49. The third kappa shape index (κ3) is 3.29. The monoisotopic (exact) mass is 395 g/mol. The molecule has 0 radical (unpaired) electrons. The number of benzene rings is 1. The minimum absolute atomic E-state index is 0.0241. The van der Waals surface area contributed by atoms with E-state index < -0.39 is 31.9 Å². The van der Waals surface area contributed by atoms with Crippen molar-refractivity contribution in [3.8, 4) is 0 Å².